The lowest BCUT2D eigenvalue weighted by atomic mass is 9.90. The molecular weight excluding hydrogens is 525 g/mol. The maximum Gasteiger partial charge on any atom is 0.144 e. The van der Waals surface area contributed by atoms with Gasteiger partial charge in [-0.15, -0.1) is 11.8 Å². The minimum Gasteiger partial charge on any atom is -0.591 e. The van der Waals surface area contributed by atoms with Crippen molar-refractivity contribution in [3.63, 3.8) is 0 Å². The number of nitrogens with zero attached hydrogens (tertiary/aromatic N) is 1. The Kier molecular flexibility index (Phi) is 9.31. The number of benzene rings is 2. The normalized spacial score (nSPS) is 17.6. The molecule has 0 spiro atoms. The SMILES string of the molecule is COc1ccc(CSC2(C/C(=N\[S+]([O-])C(C)(C)C)c3cc(Br)ccc3F)CCOCC2)cc1. The van der Waals surface area contributed by atoms with Crippen LogP contribution in [0, 0.1) is 5.82 Å². The van der Waals surface area contributed by atoms with E-state index in [1.807, 2.05) is 44.7 Å². The molecule has 180 valence electrons. The average molecular weight is 557 g/mol. The van der Waals surface area contributed by atoms with Crippen molar-refractivity contribution in [1.82, 2.24) is 0 Å². The van der Waals surface area contributed by atoms with Gasteiger partial charge in [-0.1, -0.05) is 32.5 Å². The van der Waals surface area contributed by atoms with Crippen LogP contribution in [0.25, 0.3) is 0 Å². The summed E-state index contributed by atoms with van der Waals surface area (Å²) in [5, 5.41) is 0. The van der Waals surface area contributed by atoms with Crippen molar-refractivity contribution in [1.29, 1.82) is 0 Å². The van der Waals surface area contributed by atoms with Crippen LogP contribution in [-0.2, 0) is 21.9 Å². The molecular formula is C25H31BrFNO3S2. The van der Waals surface area contributed by atoms with Gasteiger partial charge >= 0.3 is 0 Å². The highest BCUT2D eigenvalue weighted by Gasteiger charge is 2.37. The molecule has 1 fully saturated rings. The van der Waals surface area contributed by atoms with E-state index in [4.69, 9.17) is 9.47 Å². The zero-order valence-corrected chi connectivity index (χ0v) is 22.7. The highest BCUT2D eigenvalue weighted by Crippen LogP contribution is 2.42. The van der Waals surface area contributed by atoms with Gasteiger partial charge in [0.15, 0.2) is 0 Å². The van der Waals surface area contributed by atoms with Gasteiger partial charge in [0.1, 0.15) is 33.4 Å². The van der Waals surface area contributed by atoms with Crippen LogP contribution in [0.15, 0.2) is 51.3 Å². The molecule has 1 heterocycles. The van der Waals surface area contributed by atoms with E-state index < -0.39 is 16.1 Å². The summed E-state index contributed by atoms with van der Waals surface area (Å²) in [5.41, 5.74) is 2.14. The van der Waals surface area contributed by atoms with Crippen molar-refractivity contribution in [2.75, 3.05) is 20.3 Å². The van der Waals surface area contributed by atoms with Crippen LogP contribution < -0.4 is 4.74 Å². The van der Waals surface area contributed by atoms with Gasteiger partial charge in [-0.25, -0.2) is 4.39 Å². The topological polar surface area (TPSA) is 53.9 Å². The fourth-order valence-electron chi connectivity index (χ4n) is 3.51. The third-order valence-corrected chi connectivity index (χ3v) is 9.12. The molecule has 4 nitrogen and oxygen atoms in total. The summed E-state index contributed by atoms with van der Waals surface area (Å²) in [5.74, 6) is 1.28. The van der Waals surface area contributed by atoms with Crippen molar-refractivity contribution < 1.29 is 18.4 Å². The Bertz CT molecular complexity index is 957. The number of hydrogen-bond acceptors (Lipinski definition) is 5. The number of halogens is 2. The maximum atomic E-state index is 14.9. The van der Waals surface area contributed by atoms with E-state index in [-0.39, 0.29) is 10.6 Å². The van der Waals surface area contributed by atoms with Crippen LogP contribution in [0.1, 0.15) is 51.2 Å². The molecule has 33 heavy (non-hydrogen) atoms. The van der Waals surface area contributed by atoms with Crippen LogP contribution >= 0.6 is 27.7 Å². The molecule has 1 aliphatic heterocycles. The number of rotatable bonds is 8. The second kappa shape index (κ2) is 11.6. The van der Waals surface area contributed by atoms with Gasteiger partial charge in [0.25, 0.3) is 0 Å². The lowest BCUT2D eigenvalue weighted by Gasteiger charge is -2.37. The highest BCUT2D eigenvalue weighted by atomic mass is 79.9. The van der Waals surface area contributed by atoms with Gasteiger partial charge in [0.05, 0.1) is 7.11 Å². The van der Waals surface area contributed by atoms with Crippen molar-refractivity contribution in [2.24, 2.45) is 4.40 Å². The number of hydrogen-bond donors (Lipinski definition) is 0. The summed E-state index contributed by atoms with van der Waals surface area (Å²) in [4.78, 5) is 0. The molecule has 0 saturated carbocycles. The molecule has 2 aromatic carbocycles. The lowest BCUT2D eigenvalue weighted by molar-refractivity contribution is 0.0789. The van der Waals surface area contributed by atoms with Crippen LogP contribution in [0.4, 0.5) is 4.39 Å². The number of ether oxygens (including phenoxy) is 2. The number of thioether (sulfide) groups is 1. The molecule has 8 heteroatoms. The average Bonchev–Trinajstić information content (AvgIpc) is 2.79. The molecule has 0 amide bonds. The Hall–Kier alpha value is -1.06. The Morgan fingerprint density at radius 2 is 1.88 bits per heavy atom. The van der Waals surface area contributed by atoms with E-state index >= 15 is 0 Å². The van der Waals surface area contributed by atoms with Crippen molar-refractivity contribution in [2.45, 2.75) is 55.3 Å². The van der Waals surface area contributed by atoms with Crippen LogP contribution in [0.3, 0.4) is 0 Å². The third kappa shape index (κ3) is 7.46. The van der Waals surface area contributed by atoms with E-state index in [2.05, 4.69) is 32.5 Å². The first kappa shape index (κ1) is 26.5. The monoisotopic (exact) mass is 555 g/mol. The molecule has 1 saturated heterocycles. The summed E-state index contributed by atoms with van der Waals surface area (Å²) in [7, 11) is 1.66. The molecule has 1 unspecified atom stereocenters. The van der Waals surface area contributed by atoms with Crippen LogP contribution in [-0.4, -0.2) is 40.1 Å². The van der Waals surface area contributed by atoms with Crippen molar-refractivity contribution >= 4 is 44.8 Å². The standard InChI is InChI=1S/C25H31BrFNO3S2/c1-24(2,3)33(29)28-23(21-15-19(26)7-10-22(21)27)16-25(11-13-31-14-12-25)32-17-18-5-8-20(30-4)9-6-18/h5-10,15H,11-14,16-17H2,1-4H3/b28-23+. The Balaban J connectivity index is 1.93. The summed E-state index contributed by atoms with van der Waals surface area (Å²) >= 11 is 3.80. The predicted molar refractivity (Wildman–Crippen MR) is 140 cm³/mol. The van der Waals surface area contributed by atoms with Crippen LogP contribution in [0.5, 0.6) is 5.75 Å². The van der Waals surface area contributed by atoms with Crippen molar-refractivity contribution in [3.05, 3.63) is 63.9 Å². The summed E-state index contributed by atoms with van der Waals surface area (Å²) < 4.78 is 43.5. The fraction of sp³-hybridized carbons (Fsp3) is 0.480. The largest absolute Gasteiger partial charge is 0.591 e. The van der Waals surface area contributed by atoms with Crippen molar-refractivity contribution in [3.8, 4) is 5.75 Å². The zero-order valence-electron chi connectivity index (χ0n) is 19.5. The maximum absolute atomic E-state index is 14.9. The highest BCUT2D eigenvalue weighted by molar-refractivity contribution is 9.10. The fourth-order valence-corrected chi connectivity index (χ4v) is 5.87. The molecule has 3 rings (SSSR count). The van der Waals surface area contributed by atoms with E-state index in [1.54, 1.807) is 19.2 Å². The molecule has 2 aromatic rings. The first-order chi connectivity index (χ1) is 15.6. The minimum absolute atomic E-state index is 0.187. The zero-order chi connectivity index (χ0) is 24.1. The van der Waals surface area contributed by atoms with Gasteiger partial charge in [-0.3, -0.25) is 0 Å². The second-order valence-corrected chi connectivity index (χ2v) is 13.4. The summed E-state index contributed by atoms with van der Waals surface area (Å²) in [6.45, 7) is 6.93. The number of methoxy groups -OCH3 is 1. The van der Waals surface area contributed by atoms with Gasteiger partial charge in [0, 0.05) is 40.2 Å². The first-order valence-corrected chi connectivity index (χ1v) is 13.8. The van der Waals surface area contributed by atoms with E-state index in [0.29, 0.717) is 30.9 Å². The molecule has 0 N–H and O–H groups in total. The molecule has 0 bridgehead atoms. The third-order valence-electron chi connectivity index (χ3n) is 5.55. The van der Waals surface area contributed by atoms with E-state index in [0.717, 1.165) is 28.8 Å². The summed E-state index contributed by atoms with van der Waals surface area (Å²) in [6, 6.07) is 12.9. The van der Waals surface area contributed by atoms with E-state index in [1.165, 1.54) is 11.6 Å². The lowest BCUT2D eigenvalue weighted by Crippen LogP contribution is -2.37. The molecule has 0 aromatic heterocycles. The summed E-state index contributed by atoms with van der Waals surface area (Å²) in [6.07, 6.45) is 2.17. The quantitative estimate of drug-likeness (QED) is 0.268. The molecule has 1 atom stereocenters. The van der Waals surface area contributed by atoms with Gasteiger partial charge in [-0.05, 0) is 69.5 Å². The van der Waals surface area contributed by atoms with Crippen LogP contribution in [0.2, 0.25) is 0 Å². The van der Waals surface area contributed by atoms with Gasteiger partial charge in [0.2, 0.25) is 0 Å². The second-order valence-electron chi connectivity index (χ2n) is 9.13. The molecule has 1 aliphatic rings. The molecule has 0 aliphatic carbocycles. The molecule has 0 radical (unpaired) electrons. The minimum atomic E-state index is -1.50. The van der Waals surface area contributed by atoms with Gasteiger partial charge in [-0.2, -0.15) is 0 Å². The Morgan fingerprint density at radius 3 is 2.48 bits per heavy atom. The van der Waals surface area contributed by atoms with E-state index in [9.17, 15) is 8.94 Å². The smallest absolute Gasteiger partial charge is 0.144 e. The van der Waals surface area contributed by atoms with Gasteiger partial charge < -0.3 is 14.0 Å². The first-order valence-electron chi connectivity index (χ1n) is 10.9. The Morgan fingerprint density at radius 1 is 1.21 bits per heavy atom. The predicted octanol–water partition coefficient (Wildman–Crippen LogP) is 6.72. The Labute approximate surface area is 212 Å².